The van der Waals surface area contributed by atoms with Crippen molar-refractivity contribution in [3.05, 3.63) is 0 Å². The summed E-state index contributed by atoms with van der Waals surface area (Å²) in [5, 5.41) is 18.4. The highest BCUT2D eigenvalue weighted by atomic mass is 16.4. The van der Waals surface area contributed by atoms with Gasteiger partial charge in [-0.3, -0.25) is 9.59 Å². The topological polar surface area (TPSA) is 74.6 Å². The number of unbranched alkanes of at least 4 members (excludes halogenated alkanes) is 9. The predicted molar refractivity (Wildman–Crippen MR) is 107 cm³/mol. The van der Waals surface area contributed by atoms with Gasteiger partial charge in [0.25, 0.3) is 0 Å². The van der Waals surface area contributed by atoms with Gasteiger partial charge in [0, 0.05) is 6.42 Å². The summed E-state index contributed by atoms with van der Waals surface area (Å²) in [6.45, 7) is 4.39. The fourth-order valence-corrected chi connectivity index (χ4v) is 3.75. The van der Waals surface area contributed by atoms with Crippen molar-refractivity contribution in [1.82, 2.24) is 0 Å². The van der Waals surface area contributed by atoms with Crippen molar-refractivity contribution < 1.29 is 19.8 Å². The van der Waals surface area contributed by atoms with Gasteiger partial charge in [0.05, 0.1) is 5.92 Å². The number of carbonyl (C=O) groups is 2. The Balaban J connectivity index is 4.23. The second kappa shape index (κ2) is 17.4. The van der Waals surface area contributed by atoms with Crippen LogP contribution in [0.25, 0.3) is 0 Å². The van der Waals surface area contributed by atoms with E-state index in [9.17, 15) is 14.7 Å². The lowest BCUT2D eigenvalue weighted by molar-refractivity contribution is -0.144. The van der Waals surface area contributed by atoms with Gasteiger partial charge in [-0.05, 0) is 31.6 Å². The molecule has 0 saturated heterocycles. The molecular weight excluding hydrogens is 328 g/mol. The van der Waals surface area contributed by atoms with Crippen molar-refractivity contribution >= 4 is 11.9 Å². The second-order valence-corrected chi connectivity index (χ2v) is 7.75. The highest BCUT2D eigenvalue weighted by Gasteiger charge is 2.26. The van der Waals surface area contributed by atoms with Crippen LogP contribution in [0.15, 0.2) is 0 Å². The Labute approximate surface area is 160 Å². The molecule has 0 radical (unpaired) electrons. The normalized spacial score (nSPS) is 13.5. The molecular formula is C22H42O4. The van der Waals surface area contributed by atoms with E-state index in [0.717, 1.165) is 70.6 Å². The Kier molecular flexibility index (Phi) is 16.7. The van der Waals surface area contributed by atoms with Gasteiger partial charge in [0.2, 0.25) is 0 Å². The van der Waals surface area contributed by atoms with Gasteiger partial charge < -0.3 is 10.2 Å². The summed E-state index contributed by atoms with van der Waals surface area (Å²) in [6, 6.07) is 0. The van der Waals surface area contributed by atoms with Gasteiger partial charge in [-0.1, -0.05) is 84.5 Å². The van der Waals surface area contributed by atoms with E-state index in [1.807, 2.05) is 0 Å². The molecule has 0 amide bonds. The molecule has 0 bridgehead atoms. The molecule has 4 heteroatoms. The van der Waals surface area contributed by atoms with Crippen LogP contribution < -0.4 is 0 Å². The van der Waals surface area contributed by atoms with Gasteiger partial charge in [-0.15, -0.1) is 0 Å². The number of carboxylic acids is 2. The number of carboxylic acid groups (broad SMARTS) is 2. The summed E-state index contributed by atoms with van der Waals surface area (Å²) in [5.41, 5.74) is 0. The largest absolute Gasteiger partial charge is 0.481 e. The van der Waals surface area contributed by atoms with Gasteiger partial charge in [0.1, 0.15) is 0 Å². The quantitative estimate of drug-likeness (QED) is 0.249. The molecule has 0 aromatic heterocycles. The maximum absolute atomic E-state index is 11.8. The van der Waals surface area contributed by atoms with E-state index in [4.69, 9.17) is 5.11 Å². The Morgan fingerprint density at radius 1 is 0.654 bits per heavy atom. The molecule has 0 rings (SSSR count). The number of rotatable bonds is 19. The molecule has 0 aromatic rings. The van der Waals surface area contributed by atoms with Crippen LogP contribution in [0.2, 0.25) is 0 Å². The van der Waals surface area contributed by atoms with Crippen LogP contribution in [0.5, 0.6) is 0 Å². The fraction of sp³-hybridized carbons (Fsp3) is 0.909. The molecule has 4 nitrogen and oxygen atoms in total. The standard InChI is InChI=1S/C22H42O4/c1-3-5-7-9-12-16-19(15-6-4-2)20(22(25)26)17-13-10-8-11-14-18-21(23)24/h19-20H,3-18H2,1-2H3,(H,23,24)(H,25,26). The predicted octanol–water partition coefficient (Wildman–Crippen LogP) is 6.67. The highest BCUT2D eigenvalue weighted by Crippen LogP contribution is 2.29. The molecule has 154 valence electrons. The lowest BCUT2D eigenvalue weighted by Crippen LogP contribution is -2.24. The first kappa shape index (κ1) is 24.9. The van der Waals surface area contributed by atoms with E-state index in [0.29, 0.717) is 5.92 Å². The molecule has 26 heavy (non-hydrogen) atoms. The van der Waals surface area contributed by atoms with Crippen LogP contribution in [0.4, 0.5) is 0 Å². The number of aliphatic carboxylic acids is 2. The summed E-state index contributed by atoms with van der Waals surface area (Å²) >= 11 is 0. The zero-order valence-electron chi connectivity index (χ0n) is 17.2. The van der Waals surface area contributed by atoms with Gasteiger partial charge in [-0.25, -0.2) is 0 Å². The maximum Gasteiger partial charge on any atom is 0.306 e. The maximum atomic E-state index is 11.8. The lowest BCUT2D eigenvalue weighted by Gasteiger charge is -2.24. The molecule has 0 spiro atoms. The summed E-state index contributed by atoms with van der Waals surface area (Å²) in [4.78, 5) is 22.3. The number of hydrogen-bond acceptors (Lipinski definition) is 2. The molecule has 2 unspecified atom stereocenters. The second-order valence-electron chi connectivity index (χ2n) is 7.75. The first-order valence-corrected chi connectivity index (χ1v) is 11.0. The lowest BCUT2D eigenvalue weighted by atomic mass is 9.81. The van der Waals surface area contributed by atoms with Crippen molar-refractivity contribution in [2.45, 2.75) is 117 Å². The van der Waals surface area contributed by atoms with Crippen molar-refractivity contribution in [2.24, 2.45) is 11.8 Å². The minimum absolute atomic E-state index is 0.202. The third-order valence-electron chi connectivity index (χ3n) is 5.40. The molecule has 2 N–H and O–H groups in total. The molecule has 0 aromatic carbocycles. The van der Waals surface area contributed by atoms with Gasteiger partial charge in [-0.2, -0.15) is 0 Å². The first-order chi connectivity index (χ1) is 12.5. The van der Waals surface area contributed by atoms with E-state index in [1.165, 1.54) is 25.7 Å². The van der Waals surface area contributed by atoms with Crippen LogP contribution in [-0.4, -0.2) is 22.2 Å². The molecule has 0 heterocycles. The average Bonchev–Trinajstić information content (AvgIpc) is 2.60. The van der Waals surface area contributed by atoms with Gasteiger partial charge in [0.15, 0.2) is 0 Å². The Morgan fingerprint density at radius 2 is 1.15 bits per heavy atom. The molecule has 0 fully saturated rings. The third-order valence-corrected chi connectivity index (χ3v) is 5.40. The Bertz CT molecular complexity index is 354. The summed E-state index contributed by atoms with van der Waals surface area (Å²) in [6.07, 6.45) is 16.2. The smallest absolute Gasteiger partial charge is 0.306 e. The minimum atomic E-state index is -0.728. The number of hydrogen-bond donors (Lipinski definition) is 2. The molecule has 0 aliphatic rings. The van der Waals surface area contributed by atoms with Crippen molar-refractivity contribution in [2.75, 3.05) is 0 Å². The van der Waals surface area contributed by atoms with Crippen LogP contribution in [0, 0.1) is 11.8 Å². The Morgan fingerprint density at radius 3 is 1.73 bits per heavy atom. The zero-order chi connectivity index (χ0) is 19.6. The van der Waals surface area contributed by atoms with E-state index in [-0.39, 0.29) is 12.3 Å². The summed E-state index contributed by atoms with van der Waals surface area (Å²) in [7, 11) is 0. The van der Waals surface area contributed by atoms with Crippen LogP contribution in [0.1, 0.15) is 117 Å². The van der Waals surface area contributed by atoms with E-state index < -0.39 is 11.9 Å². The zero-order valence-corrected chi connectivity index (χ0v) is 17.2. The molecule has 0 aliphatic heterocycles. The van der Waals surface area contributed by atoms with E-state index >= 15 is 0 Å². The Hall–Kier alpha value is -1.06. The third kappa shape index (κ3) is 14.1. The minimum Gasteiger partial charge on any atom is -0.481 e. The van der Waals surface area contributed by atoms with Gasteiger partial charge >= 0.3 is 11.9 Å². The van der Waals surface area contributed by atoms with E-state index in [1.54, 1.807) is 0 Å². The van der Waals surface area contributed by atoms with Crippen molar-refractivity contribution in [1.29, 1.82) is 0 Å². The molecule has 0 saturated carbocycles. The van der Waals surface area contributed by atoms with E-state index in [2.05, 4.69) is 13.8 Å². The average molecular weight is 371 g/mol. The fourth-order valence-electron chi connectivity index (χ4n) is 3.75. The highest BCUT2D eigenvalue weighted by molar-refractivity contribution is 5.70. The van der Waals surface area contributed by atoms with Crippen LogP contribution in [-0.2, 0) is 9.59 Å². The summed E-state index contributed by atoms with van der Waals surface area (Å²) < 4.78 is 0. The summed E-state index contributed by atoms with van der Waals surface area (Å²) in [5.74, 6) is -1.23. The molecule has 2 atom stereocenters. The SMILES string of the molecule is CCCCCCCC(CCCC)C(CCCCCCCC(=O)O)C(=O)O. The van der Waals surface area contributed by atoms with Crippen molar-refractivity contribution in [3.8, 4) is 0 Å². The van der Waals surface area contributed by atoms with Crippen LogP contribution >= 0.6 is 0 Å². The molecule has 0 aliphatic carbocycles. The van der Waals surface area contributed by atoms with Crippen molar-refractivity contribution in [3.63, 3.8) is 0 Å². The first-order valence-electron chi connectivity index (χ1n) is 11.0. The van der Waals surface area contributed by atoms with Crippen LogP contribution in [0.3, 0.4) is 0 Å². The monoisotopic (exact) mass is 370 g/mol.